The second-order valence-corrected chi connectivity index (χ2v) is 8.97. The van der Waals surface area contributed by atoms with Crippen LogP contribution < -0.4 is 0 Å². The minimum Gasteiger partial charge on any atom is -0.445 e. The van der Waals surface area contributed by atoms with E-state index >= 15 is 0 Å². The monoisotopic (exact) mass is 375 g/mol. The maximum Gasteiger partial charge on any atom is 0.410 e. The Hall–Kier alpha value is -2.55. The summed E-state index contributed by atoms with van der Waals surface area (Å²) in [6.45, 7) is 7.05. The fraction of sp³-hybridized carbons (Fsp3) is 0.400. The van der Waals surface area contributed by atoms with E-state index in [1.165, 1.54) is 16.7 Å². The minimum atomic E-state index is -0.185. The number of hydrogen-bond acceptors (Lipinski definition) is 2. The van der Waals surface area contributed by atoms with Crippen molar-refractivity contribution in [3.63, 3.8) is 0 Å². The summed E-state index contributed by atoms with van der Waals surface area (Å²) in [6.07, 6.45) is 5.07. The Morgan fingerprint density at radius 2 is 1.75 bits per heavy atom. The maximum absolute atomic E-state index is 12.7. The van der Waals surface area contributed by atoms with Crippen molar-refractivity contribution < 1.29 is 9.53 Å². The molecule has 0 spiro atoms. The number of carbonyl (C=O) groups is 1. The van der Waals surface area contributed by atoms with Crippen molar-refractivity contribution in [2.24, 2.45) is 0 Å². The number of rotatable bonds is 3. The van der Waals surface area contributed by atoms with Crippen LogP contribution in [0.1, 0.15) is 56.7 Å². The third-order valence-electron chi connectivity index (χ3n) is 5.93. The normalized spacial score (nSPS) is 21.4. The van der Waals surface area contributed by atoms with Crippen molar-refractivity contribution in [3.8, 4) is 0 Å². The minimum absolute atomic E-state index is 0.152. The zero-order valence-corrected chi connectivity index (χ0v) is 17.0. The molecule has 2 aliphatic rings. The van der Waals surface area contributed by atoms with E-state index in [-0.39, 0.29) is 23.6 Å². The smallest absolute Gasteiger partial charge is 0.410 e. The van der Waals surface area contributed by atoms with Gasteiger partial charge < -0.3 is 4.74 Å². The number of carbonyl (C=O) groups excluding carboxylic acids is 1. The van der Waals surface area contributed by atoms with Gasteiger partial charge in [0.1, 0.15) is 6.61 Å². The lowest BCUT2D eigenvalue weighted by atomic mass is 9.85. The van der Waals surface area contributed by atoms with Crippen LogP contribution in [0, 0.1) is 0 Å². The molecule has 4 rings (SSSR count). The number of benzene rings is 2. The number of hydrogen-bond donors (Lipinski definition) is 0. The van der Waals surface area contributed by atoms with Crippen LogP contribution in [0.4, 0.5) is 4.79 Å². The van der Waals surface area contributed by atoms with Gasteiger partial charge in [-0.05, 0) is 46.9 Å². The first kappa shape index (κ1) is 18.8. The fourth-order valence-corrected chi connectivity index (χ4v) is 4.31. The molecule has 1 amide bonds. The van der Waals surface area contributed by atoms with Crippen molar-refractivity contribution in [1.82, 2.24) is 4.90 Å². The van der Waals surface area contributed by atoms with Crippen LogP contribution in [0.2, 0.25) is 0 Å². The SMILES string of the molecule is CC(C)(C)c1ccc(C2=CC3CCC(C2)N3C(=O)OCc2ccccc2)cc1. The first-order chi connectivity index (χ1) is 13.4. The second-order valence-electron chi connectivity index (χ2n) is 8.97. The number of nitrogens with zero attached hydrogens (tertiary/aromatic N) is 1. The lowest BCUT2D eigenvalue weighted by molar-refractivity contribution is 0.0832. The van der Waals surface area contributed by atoms with Crippen LogP contribution in [0.5, 0.6) is 0 Å². The van der Waals surface area contributed by atoms with Gasteiger partial charge in [-0.15, -0.1) is 0 Å². The first-order valence-corrected chi connectivity index (χ1v) is 10.2. The molecule has 1 saturated heterocycles. The molecule has 0 radical (unpaired) electrons. The summed E-state index contributed by atoms with van der Waals surface area (Å²) < 4.78 is 5.60. The molecule has 2 atom stereocenters. The largest absolute Gasteiger partial charge is 0.445 e. The van der Waals surface area contributed by atoms with E-state index in [1.54, 1.807) is 0 Å². The first-order valence-electron chi connectivity index (χ1n) is 10.2. The third kappa shape index (κ3) is 3.84. The Balaban J connectivity index is 1.45. The van der Waals surface area contributed by atoms with Gasteiger partial charge in [-0.1, -0.05) is 81.4 Å². The van der Waals surface area contributed by atoms with Crippen LogP contribution in [-0.4, -0.2) is 23.1 Å². The summed E-state index contributed by atoms with van der Waals surface area (Å²) in [5, 5.41) is 0. The Kier molecular flexibility index (Phi) is 5.01. The molecule has 28 heavy (non-hydrogen) atoms. The van der Waals surface area contributed by atoms with E-state index in [2.05, 4.69) is 51.1 Å². The van der Waals surface area contributed by atoms with Gasteiger partial charge >= 0.3 is 6.09 Å². The molecular weight excluding hydrogens is 346 g/mol. The number of amides is 1. The van der Waals surface area contributed by atoms with Crippen LogP contribution in [0.3, 0.4) is 0 Å². The van der Waals surface area contributed by atoms with E-state index in [1.807, 2.05) is 35.2 Å². The van der Waals surface area contributed by atoms with Gasteiger partial charge in [0.25, 0.3) is 0 Å². The van der Waals surface area contributed by atoms with Crippen LogP contribution in [-0.2, 0) is 16.8 Å². The standard InChI is InChI=1S/C25H29NO2/c1-25(2,3)21-11-9-19(10-12-21)20-15-22-13-14-23(16-20)26(22)24(27)28-17-18-7-5-4-6-8-18/h4-12,15,22-23H,13-14,16-17H2,1-3H3. The molecular formula is C25H29NO2. The van der Waals surface area contributed by atoms with E-state index < -0.39 is 0 Å². The highest BCUT2D eigenvalue weighted by atomic mass is 16.6. The zero-order valence-electron chi connectivity index (χ0n) is 17.0. The molecule has 0 N–H and O–H groups in total. The molecule has 2 aromatic carbocycles. The molecule has 2 heterocycles. The van der Waals surface area contributed by atoms with Crippen molar-refractivity contribution in [1.29, 1.82) is 0 Å². The molecule has 3 nitrogen and oxygen atoms in total. The predicted octanol–water partition coefficient (Wildman–Crippen LogP) is 5.94. The topological polar surface area (TPSA) is 29.5 Å². The Morgan fingerprint density at radius 1 is 1.04 bits per heavy atom. The molecule has 3 heteroatoms. The molecule has 0 aromatic heterocycles. The highest BCUT2D eigenvalue weighted by Crippen LogP contribution is 2.39. The zero-order chi connectivity index (χ0) is 19.7. The Bertz CT molecular complexity index is 862. The van der Waals surface area contributed by atoms with Gasteiger partial charge in [-0.2, -0.15) is 0 Å². The molecule has 2 aliphatic heterocycles. The van der Waals surface area contributed by atoms with Gasteiger partial charge in [0.2, 0.25) is 0 Å². The molecule has 2 aromatic rings. The van der Waals surface area contributed by atoms with Gasteiger partial charge in [0.15, 0.2) is 0 Å². The molecule has 2 bridgehead atoms. The van der Waals surface area contributed by atoms with Crippen LogP contribution in [0.15, 0.2) is 60.7 Å². The summed E-state index contributed by atoms with van der Waals surface area (Å²) >= 11 is 0. The van der Waals surface area contributed by atoms with Gasteiger partial charge in [0, 0.05) is 6.04 Å². The van der Waals surface area contributed by atoms with E-state index in [0.29, 0.717) is 6.61 Å². The molecule has 2 unspecified atom stereocenters. The van der Waals surface area contributed by atoms with E-state index in [0.717, 1.165) is 24.8 Å². The fourth-order valence-electron chi connectivity index (χ4n) is 4.31. The summed E-state index contributed by atoms with van der Waals surface area (Å²) in [7, 11) is 0. The van der Waals surface area contributed by atoms with Crippen LogP contribution in [0.25, 0.3) is 5.57 Å². The van der Waals surface area contributed by atoms with Crippen molar-refractivity contribution in [2.45, 2.75) is 64.1 Å². The number of ether oxygens (including phenoxy) is 1. The highest BCUT2D eigenvalue weighted by Gasteiger charge is 2.40. The van der Waals surface area contributed by atoms with Crippen molar-refractivity contribution >= 4 is 11.7 Å². The second kappa shape index (κ2) is 7.46. The van der Waals surface area contributed by atoms with Gasteiger partial charge in [0.05, 0.1) is 6.04 Å². The van der Waals surface area contributed by atoms with Crippen molar-refractivity contribution in [2.75, 3.05) is 0 Å². The average molecular weight is 376 g/mol. The van der Waals surface area contributed by atoms with Crippen molar-refractivity contribution in [3.05, 3.63) is 77.4 Å². The quantitative estimate of drug-likeness (QED) is 0.664. The van der Waals surface area contributed by atoms with Crippen LogP contribution >= 0.6 is 0 Å². The summed E-state index contributed by atoms with van der Waals surface area (Å²) in [6, 6.07) is 19.2. The van der Waals surface area contributed by atoms with Gasteiger partial charge in [-0.25, -0.2) is 4.79 Å². The van der Waals surface area contributed by atoms with E-state index in [9.17, 15) is 4.79 Å². The molecule has 0 saturated carbocycles. The molecule has 1 fully saturated rings. The average Bonchev–Trinajstić information content (AvgIpc) is 2.96. The lowest BCUT2D eigenvalue weighted by Crippen LogP contribution is -2.43. The Labute approximate surface area is 168 Å². The summed E-state index contributed by atoms with van der Waals surface area (Å²) in [4.78, 5) is 14.7. The Morgan fingerprint density at radius 3 is 2.39 bits per heavy atom. The van der Waals surface area contributed by atoms with E-state index in [4.69, 9.17) is 4.74 Å². The summed E-state index contributed by atoms with van der Waals surface area (Å²) in [5.74, 6) is 0. The predicted molar refractivity (Wildman–Crippen MR) is 113 cm³/mol. The molecule has 0 aliphatic carbocycles. The maximum atomic E-state index is 12.7. The third-order valence-corrected chi connectivity index (χ3v) is 5.93. The summed E-state index contributed by atoms with van der Waals surface area (Å²) in [5.41, 5.74) is 5.18. The van der Waals surface area contributed by atoms with Gasteiger partial charge in [-0.3, -0.25) is 4.90 Å². The number of fused-ring (bicyclic) bond motifs is 2. The lowest BCUT2D eigenvalue weighted by Gasteiger charge is -2.33. The highest BCUT2D eigenvalue weighted by molar-refractivity contribution is 5.75. The molecule has 146 valence electrons.